The van der Waals surface area contributed by atoms with Crippen molar-refractivity contribution in [3.8, 4) is 16.9 Å². The van der Waals surface area contributed by atoms with E-state index in [1.807, 2.05) is 0 Å². The molecule has 6 nitrogen and oxygen atoms in total. The highest BCUT2D eigenvalue weighted by Crippen LogP contribution is 2.41. The van der Waals surface area contributed by atoms with E-state index in [2.05, 4.69) is 63.3 Å². The van der Waals surface area contributed by atoms with Crippen LogP contribution in [0.4, 0.5) is 13.2 Å². The van der Waals surface area contributed by atoms with E-state index >= 15 is 0 Å². The maximum Gasteiger partial charge on any atom is 0.418 e. The monoisotopic (exact) mass is 795 g/mol. The van der Waals surface area contributed by atoms with Crippen LogP contribution in [-0.4, -0.2) is 23.1 Å². The Bertz CT molecular complexity index is 1910. The third-order valence-corrected chi connectivity index (χ3v) is 8.10. The van der Waals surface area contributed by atoms with Crippen LogP contribution in [-0.2, 0) is 6.18 Å². The van der Waals surface area contributed by atoms with Crippen molar-refractivity contribution in [1.82, 2.24) is 10.4 Å². The van der Waals surface area contributed by atoms with Gasteiger partial charge >= 0.3 is 12.1 Å². The summed E-state index contributed by atoms with van der Waals surface area (Å²) < 4.78 is 49.0. The molecule has 0 fully saturated rings. The zero-order chi connectivity index (χ0) is 30.9. The van der Waals surface area contributed by atoms with Crippen LogP contribution in [0.15, 0.2) is 97.4 Å². The van der Waals surface area contributed by atoms with Gasteiger partial charge in [-0.2, -0.15) is 18.3 Å². The number of halogens is 7. The smallest absolute Gasteiger partial charge is 0.418 e. The molecule has 5 aromatic rings. The number of fused-ring (bicyclic) bond motifs is 1. The molecule has 4 aromatic carbocycles. The molecule has 0 unspecified atom stereocenters. The number of amides is 1. The van der Waals surface area contributed by atoms with E-state index in [0.29, 0.717) is 25.6 Å². The van der Waals surface area contributed by atoms with Gasteiger partial charge in [0.15, 0.2) is 5.75 Å². The Balaban J connectivity index is 1.50. The Kier molecular flexibility index (Phi) is 9.12. The summed E-state index contributed by atoms with van der Waals surface area (Å²) >= 11 is 16.5. The van der Waals surface area contributed by atoms with Gasteiger partial charge in [-0.1, -0.05) is 73.8 Å². The average molecular weight is 799 g/mol. The molecule has 218 valence electrons. The normalized spacial score (nSPS) is 11.7. The summed E-state index contributed by atoms with van der Waals surface area (Å²) in [6.07, 6.45) is -3.43. The second kappa shape index (κ2) is 12.7. The maximum atomic E-state index is 13.8. The topological polar surface area (TPSA) is 83.5 Å². The summed E-state index contributed by atoms with van der Waals surface area (Å²) in [5.74, 6) is -1.32. The number of para-hydroxylation sites is 1. The van der Waals surface area contributed by atoms with Crippen molar-refractivity contribution < 1.29 is 27.5 Å². The Morgan fingerprint density at radius 3 is 2.35 bits per heavy atom. The van der Waals surface area contributed by atoms with Gasteiger partial charge < -0.3 is 9.72 Å². The maximum absolute atomic E-state index is 13.8. The molecule has 0 saturated heterocycles. The van der Waals surface area contributed by atoms with Gasteiger partial charge in [-0.05, 0) is 64.5 Å². The molecule has 43 heavy (non-hydrogen) atoms. The van der Waals surface area contributed by atoms with Crippen molar-refractivity contribution in [3.05, 3.63) is 120 Å². The molecule has 1 amide bonds. The van der Waals surface area contributed by atoms with E-state index in [1.165, 1.54) is 18.3 Å². The van der Waals surface area contributed by atoms with Crippen molar-refractivity contribution in [2.24, 2.45) is 5.10 Å². The van der Waals surface area contributed by atoms with Crippen molar-refractivity contribution >= 4 is 88.4 Å². The minimum atomic E-state index is -4.67. The fraction of sp³-hybridized carbons (Fsp3) is 0.0333. The summed E-state index contributed by atoms with van der Waals surface area (Å²) in [5.41, 5.74) is 2.15. The van der Waals surface area contributed by atoms with E-state index in [1.54, 1.807) is 60.7 Å². The number of nitrogens with one attached hydrogen (secondary N) is 2. The zero-order valence-corrected chi connectivity index (χ0v) is 26.9. The van der Waals surface area contributed by atoms with Crippen molar-refractivity contribution in [3.63, 3.8) is 0 Å². The number of ether oxygens (including phenoxy) is 1. The van der Waals surface area contributed by atoms with Crippen molar-refractivity contribution in [1.29, 1.82) is 0 Å². The predicted octanol–water partition coefficient (Wildman–Crippen LogP) is 9.78. The first-order valence-electron chi connectivity index (χ1n) is 12.2. The molecule has 1 aromatic heterocycles. The number of benzene rings is 4. The molecule has 0 radical (unpaired) electrons. The molecule has 1 heterocycles. The van der Waals surface area contributed by atoms with E-state index < -0.39 is 23.6 Å². The highest BCUT2D eigenvalue weighted by atomic mass is 79.9. The molecule has 0 aliphatic rings. The molecule has 5 rings (SSSR count). The third-order valence-electron chi connectivity index (χ3n) is 6.19. The van der Waals surface area contributed by atoms with Gasteiger partial charge in [-0.25, -0.2) is 10.2 Å². The fourth-order valence-corrected chi connectivity index (χ4v) is 6.14. The number of esters is 1. The van der Waals surface area contributed by atoms with Gasteiger partial charge in [0.2, 0.25) is 0 Å². The highest BCUT2D eigenvalue weighted by Gasteiger charge is 2.35. The Morgan fingerprint density at radius 2 is 1.65 bits per heavy atom. The van der Waals surface area contributed by atoms with Gasteiger partial charge in [0.25, 0.3) is 5.91 Å². The highest BCUT2D eigenvalue weighted by molar-refractivity contribution is 9.11. The number of hydrogen-bond donors (Lipinski definition) is 2. The summed E-state index contributed by atoms with van der Waals surface area (Å²) in [4.78, 5) is 28.8. The zero-order valence-electron chi connectivity index (χ0n) is 21.4. The van der Waals surface area contributed by atoms with Gasteiger partial charge in [0.05, 0.1) is 27.3 Å². The largest absolute Gasteiger partial charge is 0.421 e. The number of hydrazone groups is 1. The lowest BCUT2D eigenvalue weighted by Crippen LogP contribution is -2.19. The molecular formula is C30H16Br3ClF3N3O3. The van der Waals surface area contributed by atoms with Gasteiger partial charge in [-0.15, -0.1) is 0 Å². The van der Waals surface area contributed by atoms with Gasteiger partial charge in [-0.3, -0.25) is 4.79 Å². The summed E-state index contributed by atoms with van der Waals surface area (Å²) in [6.45, 7) is 0. The number of H-pyrrole nitrogens is 1. The number of alkyl halides is 3. The molecule has 0 saturated carbocycles. The van der Waals surface area contributed by atoms with Gasteiger partial charge in [0.1, 0.15) is 5.69 Å². The molecule has 13 heteroatoms. The lowest BCUT2D eigenvalue weighted by atomic mass is 10.00. The van der Waals surface area contributed by atoms with Crippen LogP contribution >= 0.6 is 59.4 Å². The Morgan fingerprint density at radius 1 is 0.930 bits per heavy atom. The predicted molar refractivity (Wildman–Crippen MR) is 170 cm³/mol. The first kappa shape index (κ1) is 31.0. The number of hydrogen-bond acceptors (Lipinski definition) is 4. The number of aromatic nitrogens is 1. The van der Waals surface area contributed by atoms with Crippen LogP contribution in [0.2, 0.25) is 5.02 Å². The Hall–Kier alpha value is -3.45. The van der Waals surface area contributed by atoms with Crippen LogP contribution in [0, 0.1) is 0 Å². The number of nitrogens with zero attached hydrogens (tertiary/aromatic N) is 1. The van der Waals surface area contributed by atoms with Crippen LogP contribution in [0.25, 0.3) is 22.0 Å². The number of carbonyl (C=O) groups excluding carboxylic acids is 2. The quantitative estimate of drug-likeness (QED) is 0.0777. The first-order chi connectivity index (χ1) is 20.4. The summed E-state index contributed by atoms with van der Waals surface area (Å²) in [7, 11) is 0. The molecular weight excluding hydrogens is 783 g/mol. The van der Waals surface area contributed by atoms with E-state index in [4.69, 9.17) is 16.3 Å². The van der Waals surface area contributed by atoms with E-state index in [0.717, 1.165) is 10.5 Å². The van der Waals surface area contributed by atoms with E-state index in [-0.39, 0.29) is 32.9 Å². The molecule has 0 aliphatic carbocycles. The standard InChI is InChI=1S/C30H16Br3ClF3N3O3/c31-17-10-8-15(9-11-17)29(42)43-27-16(12-18(32)13-22(27)33)14-38-40-28(41)26-24(19-4-1-2-7-23(19)34)20-5-3-6-21(25(20)39-26)30(35,36)37/h1-14,39H,(H,40,41). The first-order valence-corrected chi connectivity index (χ1v) is 15.0. The second-order valence-electron chi connectivity index (χ2n) is 8.98. The third kappa shape index (κ3) is 6.72. The van der Waals surface area contributed by atoms with E-state index in [9.17, 15) is 22.8 Å². The van der Waals surface area contributed by atoms with Gasteiger partial charge in [0, 0.05) is 36.0 Å². The SMILES string of the molecule is O=C(Oc1c(Br)cc(Br)cc1C=NNC(=O)c1[nH]c2c(C(F)(F)F)cccc2c1-c1ccccc1Cl)c1ccc(Br)cc1. The molecule has 0 spiro atoms. The lowest BCUT2D eigenvalue weighted by Gasteiger charge is -2.11. The second-order valence-corrected chi connectivity index (χ2v) is 12.1. The summed E-state index contributed by atoms with van der Waals surface area (Å²) in [5, 5.41) is 4.42. The lowest BCUT2D eigenvalue weighted by molar-refractivity contribution is -0.136. The molecule has 2 N–H and O–H groups in total. The number of carbonyl (C=O) groups is 2. The summed E-state index contributed by atoms with van der Waals surface area (Å²) in [6, 6.07) is 20.0. The van der Waals surface area contributed by atoms with Crippen LogP contribution in [0.1, 0.15) is 32.0 Å². The molecule has 0 bridgehead atoms. The minimum Gasteiger partial charge on any atom is -0.421 e. The van der Waals surface area contributed by atoms with Crippen molar-refractivity contribution in [2.45, 2.75) is 6.18 Å². The van der Waals surface area contributed by atoms with Crippen LogP contribution in [0.5, 0.6) is 5.75 Å². The minimum absolute atomic E-state index is 0.131. The molecule has 0 aliphatic heterocycles. The van der Waals surface area contributed by atoms with Crippen LogP contribution in [0.3, 0.4) is 0 Å². The fourth-order valence-electron chi connectivity index (χ4n) is 4.31. The van der Waals surface area contributed by atoms with Crippen LogP contribution < -0.4 is 10.2 Å². The number of rotatable bonds is 6. The number of aromatic amines is 1. The molecule has 0 atom stereocenters. The Labute approximate surface area is 272 Å². The average Bonchev–Trinajstić information content (AvgIpc) is 3.34. The van der Waals surface area contributed by atoms with Crippen molar-refractivity contribution in [2.75, 3.05) is 0 Å².